The Morgan fingerprint density at radius 1 is 1.17 bits per heavy atom. The minimum Gasteiger partial charge on any atom is -0.439 e. The van der Waals surface area contributed by atoms with Crippen molar-refractivity contribution in [2.75, 3.05) is 33.1 Å². The zero-order chi connectivity index (χ0) is 19.7. The molecule has 0 unspecified atom stereocenters. The number of pyridine rings is 1. The zero-order valence-corrected chi connectivity index (χ0v) is 18.5. The average Bonchev–Trinajstić information content (AvgIpc) is 2.64. The van der Waals surface area contributed by atoms with Crippen molar-refractivity contribution >= 4 is 40.6 Å². The number of amides is 1. The monoisotopic (exact) mass is 465 g/mol. The average molecular weight is 466 g/mol. The summed E-state index contributed by atoms with van der Waals surface area (Å²) in [5.41, 5.74) is 0.674. The molecule has 2 rings (SSSR count). The van der Waals surface area contributed by atoms with Gasteiger partial charge >= 0.3 is 0 Å². The van der Waals surface area contributed by atoms with Gasteiger partial charge in [0.05, 0.1) is 18.0 Å². The van der Waals surface area contributed by atoms with E-state index in [1.165, 1.54) is 12.1 Å². The van der Waals surface area contributed by atoms with Crippen LogP contribution in [-0.2, 0) is 25.9 Å². The Bertz CT molecular complexity index is 881. The quantitative estimate of drug-likeness (QED) is 0.516. The van der Waals surface area contributed by atoms with E-state index in [1.807, 2.05) is 0 Å². The number of ether oxygens (including phenoxy) is 2. The molecule has 0 atom stereocenters. The van der Waals surface area contributed by atoms with E-state index in [-0.39, 0.29) is 48.7 Å². The number of carbonyl (C=O) groups excluding carboxylic acids is 1. The molecule has 8 nitrogen and oxygen atoms in total. The van der Waals surface area contributed by atoms with Gasteiger partial charge in [-0.05, 0) is 24.3 Å². The van der Waals surface area contributed by atoms with Gasteiger partial charge in [0.25, 0.3) is 0 Å². The van der Waals surface area contributed by atoms with Gasteiger partial charge in [-0.2, -0.15) is 0 Å². The largest absolute Gasteiger partial charge is 0.439 e. The summed E-state index contributed by atoms with van der Waals surface area (Å²) in [6.45, 7) is 1.53. The smallest absolute Gasteiger partial charge is 0.234 e. The maximum atomic E-state index is 11.9. The molecular formula is C18H25Cl2N3O5S. The molecule has 0 aliphatic rings. The van der Waals surface area contributed by atoms with E-state index in [4.69, 9.17) is 9.47 Å². The first-order valence-corrected chi connectivity index (χ1v) is 10.2. The first-order chi connectivity index (χ1) is 12.9. The lowest BCUT2D eigenvalue weighted by atomic mass is 10.2. The van der Waals surface area contributed by atoms with Crippen molar-refractivity contribution in [1.29, 1.82) is 0 Å². The van der Waals surface area contributed by atoms with Gasteiger partial charge in [0, 0.05) is 38.2 Å². The van der Waals surface area contributed by atoms with E-state index >= 15 is 0 Å². The van der Waals surface area contributed by atoms with E-state index in [9.17, 15) is 13.2 Å². The zero-order valence-electron chi connectivity index (χ0n) is 16.1. The molecule has 0 spiro atoms. The molecule has 0 fully saturated rings. The number of rotatable bonds is 10. The van der Waals surface area contributed by atoms with Crippen molar-refractivity contribution in [1.82, 2.24) is 15.6 Å². The fourth-order valence-corrected chi connectivity index (χ4v) is 2.82. The van der Waals surface area contributed by atoms with Gasteiger partial charge in [0.2, 0.25) is 11.8 Å². The predicted octanol–water partition coefficient (Wildman–Crippen LogP) is 1.97. The van der Waals surface area contributed by atoms with Crippen LogP contribution >= 0.6 is 24.8 Å². The van der Waals surface area contributed by atoms with Crippen LogP contribution in [0.5, 0.6) is 11.6 Å². The van der Waals surface area contributed by atoms with Gasteiger partial charge in [0.15, 0.2) is 9.84 Å². The van der Waals surface area contributed by atoms with Crippen LogP contribution in [0.2, 0.25) is 0 Å². The molecule has 1 heterocycles. The van der Waals surface area contributed by atoms with Gasteiger partial charge in [-0.25, -0.2) is 13.4 Å². The van der Waals surface area contributed by atoms with E-state index < -0.39 is 9.84 Å². The van der Waals surface area contributed by atoms with Gasteiger partial charge in [0.1, 0.15) is 5.75 Å². The number of carbonyl (C=O) groups is 1. The molecule has 29 heavy (non-hydrogen) atoms. The molecule has 11 heteroatoms. The van der Waals surface area contributed by atoms with Gasteiger partial charge in [-0.1, -0.05) is 12.1 Å². The van der Waals surface area contributed by atoms with Crippen LogP contribution in [0.25, 0.3) is 0 Å². The fraction of sp³-hybridized carbons (Fsp3) is 0.333. The Morgan fingerprint density at radius 3 is 2.62 bits per heavy atom. The van der Waals surface area contributed by atoms with Crippen molar-refractivity contribution in [3.63, 3.8) is 0 Å². The summed E-state index contributed by atoms with van der Waals surface area (Å²) in [6.07, 6.45) is 2.70. The molecule has 0 saturated carbocycles. The molecule has 0 bridgehead atoms. The van der Waals surface area contributed by atoms with Crippen molar-refractivity contribution in [3.8, 4) is 11.6 Å². The summed E-state index contributed by atoms with van der Waals surface area (Å²) < 4.78 is 34.0. The van der Waals surface area contributed by atoms with Crippen LogP contribution in [0, 0.1) is 0 Å². The second-order valence-corrected chi connectivity index (χ2v) is 7.78. The summed E-state index contributed by atoms with van der Waals surface area (Å²) in [7, 11) is -1.74. The first-order valence-electron chi connectivity index (χ1n) is 8.28. The van der Waals surface area contributed by atoms with Gasteiger partial charge in [-0.3, -0.25) is 4.79 Å². The molecule has 0 saturated heterocycles. The second kappa shape index (κ2) is 13.3. The summed E-state index contributed by atoms with van der Waals surface area (Å²) in [4.78, 5) is 16.2. The lowest BCUT2D eigenvalue weighted by molar-refractivity contribution is -0.120. The number of halogens is 2. The number of methoxy groups -OCH3 is 1. The highest BCUT2D eigenvalue weighted by molar-refractivity contribution is 7.90. The van der Waals surface area contributed by atoms with Crippen LogP contribution in [-0.4, -0.2) is 52.4 Å². The van der Waals surface area contributed by atoms with Crippen molar-refractivity contribution in [2.45, 2.75) is 11.4 Å². The summed E-state index contributed by atoms with van der Waals surface area (Å²) in [5.74, 6) is 0.487. The maximum Gasteiger partial charge on any atom is 0.234 e. The van der Waals surface area contributed by atoms with Crippen molar-refractivity contribution in [3.05, 3.63) is 48.2 Å². The predicted molar refractivity (Wildman–Crippen MR) is 115 cm³/mol. The normalized spacial score (nSPS) is 10.4. The first kappa shape index (κ1) is 27.1. The van der Waals surface area contributed by atoms with Crippen LogP contribution in [0.1, 0.15) is 5.56 Å². The minimum atomic E-state index is -3.34. The van der Waals surface area contributed by atoms with Gasteiger partial charge < -0.3 is 20.1 Å². The van der Waals surface area contributed by atoms with Crippen LogP contribution < -0.4 is 15.4 Å². The van der Waals surface area contributed by atoms with Crippen molar-refractivity contribution < 1.29 is 22.7 Å². The number of nitrogens with zero attached hydrogens (tertiary/aromatic N) is 1. The minimum absolute atomic E-state index is 0. The van der Waals surface area contributed by atoms with Crippen LogP contribution in [0.3, 0.4) is 0 Å². The molecule has 0 radical (unpaired) electrons. The molecule has 162 valence electrons. The van der Waals surface area contributed by atoms with Crippen LogP contribution in [0.15, 0.2) is 47.5 Å². The Kier molecular flexibility index (Phi) is 12.5. The third kappa shape index (κ3) is 9.42. The number of hydrogen-bond donors (Lipinski definition) is 2. The highest BCUT2D eigenvalue weighted by Crippen LogP contribution is 2.25. The molecule has 2 N–H and O–H groups in total. The molecule has 1 aromatic carbocycles. The van der Waals surface area contributed by atoms with Crippen LogP contribution in [0.4, 0.5) is 0 Å². The van der Waals surface area contributed by atoms with E-state index in [1.54, 1.807) is 37.6 Å². The number of nitrogens with one attached hydrogen (secondary N) is 2. The van der Waals surface area contributed by atoms with Crippen molar-refractivity contribution in [2.24, 2.45) is 0 Å². The molecular weight excluding hydrogens is 441 g/mol. The summed E-state index contributed by atoms with van der Waals surface area (Å²) in [6, 6.07) is 9.69. The summed E-state index contributed by atoms with van der Waals surface area (Å²) >= 11 is 0. The highest BCUT2D eigenvalue weighted by Gasteiger charge is 2.11. The Balaban J connectivity index is 0.00000392. The lowest BCUT2D eigenvalue weighted by Gasteiger charge is -2.11. The van der Waals surface area contributed by atoms with Gasteiger partial charge in [-0.15, -0.1) is 24.8 Å². The second-order valence-electron chi connectivity index (χ2n) is 5.76. The Labute approximate surface area is 183 Å². The standard InChI is InChI=1S/C18H23N3O5S.2ClH/c1-25-10-9-19-13-17(22)21-12-14-5-4-8-20-18(14)26-15-6-3-7-16(11-15)27(2,23)24;;/h3-8,11,19H,9-10,12-13H2,1-2H3,(H,21,22);2*1H. The molecule has 1 amide bonds. The van der Waals surface area contributed by atoms with E-state index in [0.717, 1.165) is 6.26 Å². The lowest BCUT2D eigenvalue weighted by Crippen LogP contribution is -2.34. The van der Waals surface area contributed by atoms with E-state index in [0.29, 0.717) is 30.3 Å². The number of aromatic nitrogens is 1. The number of sulfone groups is 1. The summed E-state index contributed by atoms with van der Waals surface area (Å²) in [5, 5.41) is 5.74. The third-order valence-electron chi connectivity index (χ3n) is 3.54. The number of benzene rings is 1. The maximum absolute atomic E-state index is 11.9. The number of hydrogen-bond acceptors (Lipinski definition) is 7. The third-order valence-corrected chi connectivity index (χ3v) is 4.65. The molecule has 2 aromatic rings. The van der Waals surface area contributed by atoms with E-state index in [2.05, 4.69) is 15.6 Å². The Hall–Kier alpha value is -1.91. The fourth-order valence-electron chi connectivity index (χ4n) is 2.16. The molecule has 0 aliphatic carbocycles. The Morgan fingerprint density at radius 2 is 1.93 bits per heavy atom. The molecule has 0 aliphatic heterocycles. The topological polar surface area (TPSA) is 107 Å². The SMILES string of the molecule is COCCNCC(=O)NCc1cccnc1Oc1cccc(S(C)(=O)=O)c1.Cl.Cl. The highest BCUT2D eigenvalue weighted by atomic mass is 35.5. The molecule has 1 aromatic heterocycles.